The van der Waals surface area contributed by atoms with Gasteiger partial charge in [0.1, 0.15) is 6.04 Å². The van der Waals surface area contributed by atoms with Gasteiger partial charge in [0, 0.05) is 4.90 Å². The Morgan fingerprint density at radius 2 is 1.95 bits per heavy atom. The van der Waals surface area contributed by atoms with E-state index in [1.165, 1.54) is 11.8 Å². The quantitative estimate of drug-likeness (QED) is 0.630. The zero-order valence-corrected chi connectivity index (χ0v) is 13.4. The summed E-state index contributed by atoms with van der Waals surface area (Å²) in [6, 6.07) is 5.80. The van der Waals surface area contributed by atoms with Gasteiger partial charge in [-0.3, -0.25) is 9.59 Å². The molecule has 0 aliphatic heterocycles. The number of carbonyl (C=O) groups excluding carboxylic acids is 2. The molecule has 1 aromatic carbocycles. The fourth-order valence-electron chi connectivity index (χ4n) is 1.79. The van der Waals surface area contributed by atoms with Gasteiger partial charge in [0.2, 0.25) is 5.91 Å². The fourth-order valence-corrected chi connectivity index (χ4v) is 2.73. The molecule has 1 aromatic rings. The van der Waals surface area contributed by atoms with E-state index in [9.17, 15) is 14.4 Å². The van der Waals surface area contributed by atoms with Gasteiger partial charge in [-0.15, -0.1) is 11.8 Å². The van der Waals surface area contributed by atoms with E-state index in [0.29, 0.717) is 23.3 Å². The number of nitrogens with two attached hydrogens (primary N) is 1. The first-order chi connectivity index (χ1) is 10.4. The number of carboxylic acid groups (broad SMARTS) is 1. The molecular weight excluding hydrogens is 304 g/mol. The summed E-state index contributed by atoms with van der Waals surface area (Å²) in [4.78, 5) is 35.2. The Morgan fingerprint density at radius 1 is 1.32 bits per heavy atom. The van der Waals surface area contributed by atoms with Gasteiger partial charge in [-0.2, -0.15) is 0 Å². The van der Waals surface area contributed by atoms with Gasteiger partial charge >= 0.3 is 5.97 Å². The molecule has 2 unspecified atom stereocenters. The van der Waals surface area contributed by atoms with E-state index in [1.807, 2.05) is 6.92 Å². The van der Waals surface area contributed by atoms with E-state index < -0.39 is 29.1 Å². The third-order valence-corrected chi connectivity index (χ3v) is 4.21. The molecule has 1 rings (SSSR count). The third kappa shape index (κ3) is 5.07. The van der Waals surface area contributed by atoms with E-state index in [0.717, 1.165) is 0 Å². The summed E-state index contributed by atoms with van der Waals surface area (Å²) in [7, 11) is 0. The van der Waals surface area contributed by atoms with E-state index >= 15 is 0 Å². The zero-order chi connectivity index (χ0) is 16.7. The van der Waals surface area contributed by atoms with Crippen LogP contribution in [0.4, 0.5) is 0 Å². The number of aliphatic carboxylic acids is 1. The summed E-state index contributed by atoms with van der Waals surface area (Å²) in [6.07, 6.45) is 1.00. The van der Waals surface area contributed by atoms with Gasteiger partial charge in [-0.1, -0.05) is 25.5 Å². The van der Waals surface area contributed by atoms with Crippen molar-refractivity contribution in [2.75, 3.05) is 0 Å². The second kappa shape index (κ2) is 8.43. The smallest absolute Gasteiger partial charge is 0.326 e. The lowest BCUT2D eigenvalue weighted by atomic mass is 10.1. The fraction of sp³-hybridized carbons (Fsp3) is 0.400. The van der Waals surface area contributed by atoms with Crippen LogP contribution in [-0.4, -0.2) is 34.2 Å². The molecule has 0 spiro atoms. The van der Waals surface area contributed by atoms with Gasteiger partial charge < -0.3 is 16.2 Å². The van der Waals surface area contributed by atoms with Crippen LogP contribution in [0.2, 0.25) is 0 Å². The van der Waals surface area contributed by atoms with E-state index in [1.54, 1.807) is 31.2 Å². The summed E-state index contributed by atoms with van der Waals surface area (Å²) < 4.78 is 0. The van der Waals surface area contributed by atoms with Crippen molar-refractivity contribution in [2.24, 2.45) is 5.73 Å². The minimum absolute atomic E-state index is 0.336. The Morgan fingerprint density at radius 3 is 2.50 bits per heavy atom. The number of nitrogens with one attached hydrogen (secondary N) is 1. The highest BCUT2D eigenvalue weighted by Crippen LogP contribution is 2.26. The molecule has 0 saturated heterocycles. The van der Waals surface area contributed by atoms with Crippen LogP contribution < -0.4 is 11.1 Å². The summed E-state index contributed by atoms with van der Waals surface area (Å²) in [5.74, 6) is -2.01. The highest BCUT2D eigenvalue weighted by Gasteiger charge is 2.22. The number of benzene rings is 1. The number of hydrogen-bond donors (Lipinski definition) is 3. The van der Waals surface area contributed by atoms with Gasteiger partial charge in [0.05, 0.1) is 10.8 Å². The lowest BCUT2D eigenvalue weighted by molar-refractivity contribution is -0.139. The molecular formula is C15H20N2O4S. The lowest BCUT2D eigenvalue weighted by Gasteiger charge is -2.16. The molecule has 0 aliphatic carbocycles. The van der Waals surface area contributed by atoms with Crippen LogP contribution in [0, 0.1) is 0 Å². The van der Waals surface area contributed by atoms with Crippen molar-refractivity contribution in [1.82, 2.24) is 5.32 Å². The number of amides is 2. The molecule has 2 atom stereocenters. The van der Waals surface area contributed by atoms with Crippen molar-refractivity contribution in [2.45, 2.75) is 42.9 Å². The summed E-state index contributed by atoms with van der Waals surface area (Å²) in [5, 5.41) is 11.1. The van der Waals surface area contributed by atoms with Crippen LogP contribution in [0.5, 0.6) is 0 Å². The number of carboxylic acids is 1. The van der Waals surface area contributed by atoms with Crippen LogP contribution in [0.25, 0.3) is 0 Å². The van der Waals surface area contributed by atoms with Crippen LogP contribution in [0.3, 0.4) is 0 Å². The molecule has 0 bridgehead atoms. The Kier molecular flexibility index (Phi) is 6.91. The largest absolute Gasteiger partial charge is 0.480 e. The summed E-state index contributed by atoms with van der Waals surface area (Å²) in [6.45, 7) is 3.50. The zero-order valence-electron chi connectivity index (χ0n) is 12.5. The van der Waals surface area contributed by atoms with Gasteiger partial charge in [-0.25, -0.2) is 4.79 Å². The molecule has 120 valence electrons. The normalized spacial score (nSPS) is 13.2. The van der Waals surface area contributed by atoms with Crippen LogP contribution >= 0.6 is 11.8 Å². The average Bonchev–Trinajstić information content (AvgIpc) is 2.46. The molecule has 22 heavy (non-hydrogen) atoms. The molecule has 6 nitrogen and oxygen atoms in total. The topological polar surface area (TPSA) is 109 Å². The lowest BCUT2D eigenvalue weighted by Crippen LogP contribution is -2.40. The van der Waals surface area contributed by atoms with Crippen molar-refractivity contribution in [3.8, 4) is 0 Å². The van der Waals surface area contributed by atoms with E-state index in [4.69, 9.17) is 10.8 Å². The Hall–Kier alpha value is -2.02. The standard InChI is InChI=1S/C15H20N2O4S/c1-3-6-11(15(20)21)17-14(19)10-7-4-5-8-12(10)22-9(2)13(16)18/h4-5,7-9,11H,3,6H2,1-2H3,(H2,16,18)(H,17,19)(H,20,21). The molecule has 2 amide bonds. The van der Waals surface area contributed by atoms with Crippen molar-refractivity contribution >= 4 is 29.5 Å². The first-order valence-corrected chi connectivity index (χ1v) is 7.83. The summed E-state index contributed by atoms with van der Waals surface area (Å²) >= 11 is 1.17. The van der Waals surface area contributed by atoms with Gasteiger partial charge in [-0.05, 0) is 25.5 Å². The monoisotopic (exact) mass is 324 g/mol. The van der Waals surface area contributed by atoms with Gasteiger partial charge in [0.25, 0.3) is 5.91 Å². The van der Waals surface area contributed by atoms with Crippen molar-refractivity contribution < 1.29 is 19.5 Å². The Bertz CT molecular complexity index is 562. The van der Waals surface area contributed by atoms with Crippen molar-refractivity contribution in [3.63, 3.8) is 0 Å². The first kappa shape index (κ1) is 18.0. The molecule has 0 aromatic heterocycles. The van der Waals surface area contributed by atoms with E-state index in [2.05, 4.69) is 5.32 Å². The molecule has 0 fully saturated rings. The second-order valence-electron chi connectivity index (χ2n) is 4.81. The number of primary amides is 1. The van der Waals surface area contributed by atoms with Crippen LogP contribution in [0.1, 0.15) is 37.0 Å². The SMILES string of the molecule is CCCC(NC(=O)c1ccccc1SC(C)C(N)=O)C(=O)O. The third-order valence-electron chi connectivity index (χ3n) is 3.02. The highest BCUT2D eigenvalue weighted by molar-refractivity contribution is 8.00. The number of carbonyl (C=O) groups is 3. The predicted octanol–water partition coefficient (Wildman–Crippen LogP) is 1.64. The Balaban J connectivity index is 2.93. The van der Waals surface area contributed by atoms with Crippen LogP contribution in [-0.2, 0) is 9.59 Å². The molecule has 0 aliphatic rings. The highest BCUT2D eigenvalue weighted by atomic mass is 32.2. The van der Waals surface area contributed by atoms with E-state index in [-0.39, 0.29) is 0 Å². The summed E-state index contributed by atoms with van der Waals surface area (Å²) in [5.41, 5.74) is 5.57. The minimum Gasteiger partial charge on any atom is -0.480 e. The number of rotatable bonds is 8. The predicted molar refractivity (Wildman–Crippen MR) is 84.8 cm³/mol. The molecule has 4 N–H and O–H groups in total. The maximum atomic E-state index is 12.3. The first-order valence-electron chi connectivity index (χ1n) is 6.95. The number of thioether (sulfide) groups is 1. The molecule has 0 radical (unpaired) electrons. The number of hydrogen-bond acceptors (Lipinski definition) is 4. The van der Waals surface area contributed by atoms with Crippen LogP contribution in [0.15, 0.2) is 29.2 Å². The van der Waals surface area contributed by atoms with Crippen molar-refractivity contribution in [1.29, 1.82) is 0 Å². The average molecular weight is 324 g/mol. The minimum atomic E-state index is -1.06. The Labute approximate surface area is 133 Å². The molecule has 7 heteroatoms. The second-order valence-corrected chi connectivity index (χ2v) is 6.19. The maximum Gasteiger partial charge on any atom is 0.326 e. The molecule has 0 saturated carbocycles. The maximum absolute atomic E-state index is 12.3. The van der Waals surface area contributed by atoms with Crippen molar-refractivity contribution in [3.05, 3.63) is 29.8 Å². The van der Waals surface area contributed by atoms with Gasteiger partial charge in [0.15, 0.2) is 0 Å². The molecule has 0 heterocycles.